The summed E-state index contributed by atoms with van der Waals surface area (Å²) in [4.78, 5) is 16.9. The Morgan fingerprint density at radius 2 is 1.81 bits per heavy atom. The van der Waals surface area contributed by atoms with Gasteiger partial charge in [0.05, 0.1) is 15.9 Å². The second kappa shape index (κ2) is 10.1. The van der Waals surface area contributed by atoms with Crippen LogP contribution in [0.4, 0.5) is 0 Å². The summed E-state index contributed by atoms with van der Waals surface area (Å²) in [5.74, 6) is 0.657. The first kappa shape index (κ1) is 23.7. The van der Waals surface area contributed by atoms with Crippen LogP contribution in [0.2, 0.25) is 0 Å². The molecule has 0 saturated heterocycles. The summed E-state index contributed by atoms with van der Waals surface area (Å²) in [5, 5.41) is 0. The van der Waals surface area contributed by atoms with Crippen LogP contribution in [0, 0.1) is 0 Å². The summed E-state index contributed by atoms with van der Waals surface area (Å²) >= 11 is 0. The zero-order valence-electron chi connectivity index (χ0n) is 18.9. The minimum absolute atomic E-state index is 0.0264. The molecule has 8 nitrogen and oxygen atoms in total. The van der Waals surface area contributed by atoms with Gasteiger partial charge < -0.3 is 14.0 Å². The van der Waals surface area contributed by atoms with E-state index in [4.69, 9.17) is 9.47 Å². The summed E-state index contributed by atoms with van der Waals surface area (Å²) in [7, 11) is -0.593. The van der Waals surface area contributed by atoms with Crippen molar-refractivity contribution in [2.45, 2.75) is 44.7 Å². The van der Waals surface area contributed by atoms with Crippen molar-refractivity contribution >= 4 is 27.0 Å². The average Bonchev–Trinajstić information content (AvgIpc) is 3.13. The number of rotatable bonds is 10. The van der Waals surface area contributed by atoms with E-state index >= 15 is 0 Å². The van der Waals surface area contributed by atoms with Crippen LogP contribution >= 0.6 is 0 Å². The SMILES string of the molecule is CCCn1c(COC(=O)COc2ccc(CC)cc2)nc2cc(S(=O)(=O)N(C)C)ccc21. The van der Waals surface area contributed by atoms with Crippen molar-refractivity contribution in [1.82, 2.24) is 13.9 Å². The van der Waals surface area contributed by atoms with Gasteiger partial charge in [-0.25, -0.2) is 22.5 Å². The molecule has 0 aliphatic heterocycles. The molecular formula is C23H29N3O5S. The molecule has 1 aromatic heterocycles. The number of carbonyl (C=O) groups is 1. The van der Waals surface area contributed by atoms with E-state index in [1.807, 2.05) is 35.8 Å². The summed E-state index contributed by atoms with van der Waals surface area (Å²) in [5.41, 5.74) is 2.53. The van der Waals surface area contributed by atoms with Crippen LogP contribution in [0.5, 0.6) is 5.75 Å². The molecule has 9 heteroatoms. The third kappa shape index (κ3) is 5.28. The zero-order chi connectivity index (χ0) is 23.3. The molecular weight excluding hydrogens is 430 g/mol. The Bertz CT molecular complexity index is 1180. The number of esters is 1. The molecule has 3 rings (SSSR count). The van der Waals surface area contributed by atoms with Gasteiger partial charge in [-0.05, 0) is 48.7 Å². The van der Waals surface area contributed by atoms with E-state index in [1.165, 1.54) is 19.7 Å². The van der Waals surface area contributed by atoms with Crippen molar-refractivity contribution in [2.75, 3.05) is 20.7 Å². The Kier molecular flexibility index (Phi) is 7.52. The van der Waals surface area contributed by atoms with Gasteiger partial charge in [0.15, 0.2) is 6.61 Å². The number of benzene rings is 2. The van der Waals surface area contributed by atoms with Gasteiger partial charge in [0.1, 0.15) is 18.2 Å². The second-order valence-electron chi connectivity index (χ2n) is 7.56. The Morgan fingerprint density at radius 1 is 1.09 bits per heavy atom. The van der Waals surface area contributed by atoms with Gasteiger partial charge in [-0.3, -0.25) is 0 Å². The lowest BCUT2D eigenvalue weighted by molar-refractivity contribution is -0.147. The molecule has 0 spiro atoms. The van der Waals surface area contributed by atoms with Crippen molar-refractivity contribution in [3.8, 4) is 5.75 Å². The molecule has 0 saturated carbocycles. The van der Waals surface area contributed by atoms with Gasteiger partial charge in [-0.15, -0.1) is 0 Å². The van der Waals surface area contributed by atoms with Crippen molar-refractivity contribution < 1.29 is 22.7 Å². The Hall–Kier alpha value is -2.91. The number of hydrogen-bond acceptors (Lipinski definition) is 6. The predicted molar refractivity (Wildman–Crippen MR) is 122 cm³/mol. The van der Waals surface area contributed by atoms with Crippen molar-refractivity contribution in [3.63, 3.8) is 0 Å². The number of sulfonamides is 1. The van der Waals surface area contributed by atoms with Gasteiger partial charge in [0.2, 0.25) is 10.0 Å². The highest BCUT2D eigenvalue weighted by molar-refractivity contribution is 7.89. The van der Waals surface area contributed by atoms with Crippen LogP contribution in [-0.2, 0) is 39.1 Å². The van der Waals surface area contributed by atoms with Crippen LogP contribution in [0.15, 0.2) is 47.4 Å². The Labute approximate surface area is 188 Å². The summed E-state index contributed by atoms with van der Waals surface area (Å²) in [6.07, 6.45) is 1.78. The fourth-order valence-electron chi connectivity index (χ4n) is 3.26. The lowest BCUT2D eigenvalue weighted by atomic mass is 10.2. The number of hydrogen-bond donors (Lipinski definition) is 0. The highest BCUT2D eigenvalue weighted by atomic mass is 32.2. The number of fused-ring (bicyclic) bond motifs is 1. The number of imidazole rings is 1. The number of nitrogens with zero attached hydrogens (tertiary/aromatic N) is 3. The molecule has 172 valence electrons. The van der Waals surface area contributed by atoms with E-state index in [9.17, 15) is 13.2 Å². The van der Waals surface area contributed by atoms with Gasteiger partial charge >= 0.3 is 5.97 Å². The maximum atomic E-state index is 12.4. The molecule has 0 bridgehead atoms. The molecule has 3 aromatic rings. The van der Waals surface area contributed by atoms with Crippen LogP contribution in [0.25, 0.3) is 11.0 Å². The molecule has 0 amide bonds. The molecule has 0 atom stereocenters. The van der Waals surface area contributed by atoms with E-state index in [1.54, 1.807) is 18.2 Å². The first-order chi connectivity index (χ1) is 15.3. The summed E-state index contributed by atoms with van der Waals surface area (Å²) in [6.45, 7) is 4.54. The monoisotopic (exact) mass is 459 g/mol. The maximum Gasteiger partial charge on any atom is 0.344 e. The largest absolute Gasteiger partial charge is 0.482 e. The van der Waals surface area contributed by atoms with E-state index in [0.29, 0.717) is 23.6 Å². The molecule has 32 heavy (non-hydrogen) atoms. The molecule has 0 aliphatic rings. The van der Waals surface area contributed by atoms with Crippen molar-refractivity contribution in [2.24, 2.45) is 0 Å². The highest BCUT2D eigenvalue weighted by Gasteiger charge is 2.20. The standard InChI is InChI=1S/C23H29N3O5S/c1-5-13-26-21-12-11-19(32(28,29)25(3)4)14-20(21)24-22(26)15-31-23(27)16-30-18-9-7-17(6-2)8-10-18/h7-12,14H,5-6,13,15-16H2,1-4H3. The number of ether oxygens (including phenoxy) is 2. The molecule has 0 radical (unpaired) electrons. The Balaban J connectivity index is 1.72. The molecule has 2 aromatic carbocycles. The van der Waals surface area contributed by atoms with Crippen LogP contribution < -0.4 is 4.74 Å². The minimum atomic E-state index is -3.57. The molecule has 0 fully saturated rings. The summed E-state index contributed by atoms with van der Waals surface area (Å²) in [6, 6.07) is 12.4. The maximum absolute atomic E-state index is 12.4. The normalized spacial score (nSPS) is 11.8. The second-order valence-corrected chi connectivity index (χ2v) is 9.72. The summed E-state index contributed by atoms with van der Waals surface area (Å²) < 4.78 is 38.9. The lowest BCUT2D eigenvalue weighted by Crippen LogP contribution is -2.22. The van der Waals surface area contributed by atoms with E-state index in [2.05, 4.69) is 11.9 Å². The van der Waals surface area contributed by atoms with E-state index in [0.717, 1.165) is 22.7 Å². The predicted octanol–water partition coefficient (Wildman–Crippen LogP) is 3.38. The average molecular weight is 460 g/mol. The highest BCUT2D eigenvalue weighted by Crippen LogP contribution is 2.23. The fourth-order valence-corrected chi connectivity index (χ4v) is 4.19. The topological polar surface area (TPSA) is 90.7 Å². The lowest BCUT2D eigenvalue weighted by Gasteiger charge is -2.11. The first-order valence-corrected chi connectivity index (χ1v) is 12.0. The minimum Gasteiger partial charge on any atom is -0.482 e. The molecule has 0 aliphatic carbocycles. The Morgan fingerprint density at radius 3 is 2.44 bits per heavy atom. The van der Waals surface area contributed by atoms with Crippen molar-refractivity contribution in [3.05, 3.63) is 53.9 Å². The van der Waals surface area contributed by atoms with Crippen LogP contribution in [0.3, 0.4) is 0 Å². The smallest absolute Gasteiger partial charge is 0.344 e. The fraction of sp³-hybridized carbons (Fsp3) is 0.391. The molecule has 0 unspecified atom stereocenters. The van der Waals surface area contributed by atoms with Gasteiger partial charge in [0, 0.05) is 20.6 Å². The number of aryl methyl sites for hydroxylation is 2. The third-order valence-corrected chi connectivity index (χ3v) is 6.89. The number of aromatic nitrogens is 2. The van der Waals surface area contributed by atoms with Gasteiger partial charge in [-0.2, -0.15) is 0 Å². The van der Waals surface area contributed by atoms with Crippen molar-refractivity contribution in [1.29, 1.82) is 0 Å². The molecule has 0 N–H and O–H groups in total. The van der Waals surface area contributed by atoms with E-state index < -0.39 is 16.0 Å². The number of carbonyl (C=O) groups excluding carboxylic acids is 1. The quantitative estimate of drug-likeness (QED) is 0.432. The van der Waals surface area contributed by atoms with Gasteiger partial charge in [-0.1, -0.05) is 26.0 Å². The first-order valence-electron chi connectivity index (χ1n) is 10.5. The third-order valence-electron chi connectivity index (χ3n) is 5.08. The van der Waals surface area contributed by atoms with E-state index in [-0.39, 0.29) is 18.1 Å². The molecule has 1 heterocycles. The zero-order valence-corrected chi connectivity index (χ0v) is 19.7. The van der Waals surface area contributed by atoms with Crippen LogP contribution in [0.1, 0.15) is 31.7 Å². The van der Waals surface area contributed by atoms with Crippen LogP contribution in [-0.4, -0.2) is 48.9 Å². The van der Waals surface area contributed by atoms with Gasteiger partial charge in [0.25, 0.3) is 0 Å².